The van der Waals surface area contributed by atoms with Gasteiger partial charge in [0.25, 0.3) is 5.91 Å². The standard InChI is InChI=1S/C29H33FN2O4S/c1-4-20(2)17-31(29(34)21-7-5-9-23(15-21)35-3)18-28(33)32-13-11-27-25(12-14-37-27)26(32)19-36-24-10-6-8-22(30)16-24/h5-10,12,14-16,20,26H,4,11,13,17-19H2,1-3H3/t20-,26-/m1/s1. The highest BCUT2D eigenvalue weighted by molar-refractivity contribution is 7.10. The number of rotatable bonds is 10. The molecule has 0 spiro atoms. The first-order valence-corrected chi connectivity index (χ1v) is 13.4. The summed E-state index contributed by atoms with van der Waals surface area (Å²) in [6.07, 6.45) is 1.65. The summed E-state index contributed by atoms with van der Waals surface area (Å²) in [5.74, 6) is 0.538. The first-order valence-electron chi connectivity index (χ1n) is 12.6. The smallest absolute Gasteiger partial charge is 0.254 e. The number of benzene rings is 2. The van der Waals surface area contributed by atoms with Gasteiger partial charge in [0.15, 0.2) is 0 Å². The van der Waals surface area contributed by atoms with Crippen molar-refractivity contribution in [3.8, 4) is 11.5 Å². The molecular formula is C29H33FN2O4S. The third kappa shape index (κ3) is 6.49. The summed E-state index contributed by atoms with van der Waals surface area (Å²) >= 11 is 1.67. The van der Waals surface area contributed by atoms with Crippen LogP contribution in [0.1, 0.15) is 47.1 Å². The third-order valence-corrected chi connectivity index (χ3v) is 7.77. The number of nitrogens with zero attached hydrogens (tertiary/aromatic N) is 2. The maximum atomic E-state index is 13.7. The number of methoxy groups -OCH3 is 1. The zero-order valence-electron chi connectivity index (χ0n) is 21.5. The second-order valence-electron chi connectivity index (χ2n) is 9.35. The van der Waals surface area contributed by atoms with Crippen molar-refractivity contribution in [2.24, 2.45) is 5.92 Å². The molecule has 2 aromatic carbocycles. The largest absolute Gasteiger partial charge is 0.497 e. The van der Waals surface area contributed by atoms with E-state index in [0.717, 1.165) is 18.4 Å². The van der Waals surface area contributed by atoms with Gasteiger partial charge in [0.1, 0.15) is 30.5 Å². The molecule has 0 fully saturated rings. The summed E-state index contributed by atoms with van der Waals surface area (Å²) < 4.78 is 24.9. The molecule has 4 rings (SSSR count). The van der Waals surface area contributed by atoms with Crippen molar-refractivity contribution in [2.45, 2.75) is 32.7 Å². The van der Waals surface area contributed by atoms with Gasteiger partial charge >= 0.3 is 0 Å². The molecule has 2 amide bonds. The van der Waals surface area contributed by atoms with Gasteiger partial charge < -0.3 is 19.3 Å². The van der Waals surface area contributed by atoms with E-state index in [1.165, 1.54) is 17.0 Å². The Kier molecular flexibility index (Phi) is 8.82. The molecule has 3 aromatic rings. The highest BCUT2D eigenvalue weighted by Crippen LogP contribution is 2.34. The summed E-state index contributed by atoms with van der Waals surface area (Å²) in [5, 5.41) is 2.02. The van der Waals surface area contributed by atoms with Crippen LogP contribution in [0.15, 0.2) is 60.0 Å². The zero-order chi connectivity index (χ0) is 26.4. The molecule has 0 radical (unpaired) electrons. The molecule has 0 bridgehead atoms. The van der Waals surface area contributed by atoms with Crippen LogP contribution in [0.2, 0.25) is 0 Å². The van der Waals surface area contributed by atoms with E-state index in [-0.39, 0.29) is 42.7 Å². The first-order chi connectivity index (χ1) is 17.9. The number of thiophene rings is 1. The van der Waals surface area contributed by atoms with E-state index in [4.69, 9.17) is 9.47 Å². The van der Waals surface area contributed by atoms with E-state index in [1.54, 1.807) is 64.6 Å². The lowest BCUT2D eigenvalue weighted by atomic mass is 10.00. The number of hydrogen-bond acceptors (Lipinski definition) is 5. The molecule has 196 valence electrons. The fourth-order valence-corrected chi connectivity index (χ4v) is 5.45. The van der Waals surface area contributed by atoms with E-state index in [0.29, 0.717) is 30.2 Å². The lowest BCUT2D eigenvalue weighted by molar-refractivity contribution is -0.135. The Bertz CT molecular complexity index is 1230. The number of fused-ring (bicyclic) bond motifs is 1. The van der Waals surface area contributed by atoms with Crippen molar-refractivity contribution in [2.75, 3.05) is 33.4 Å². The monoisotopic (exact) mass is 524 g/mol. The molecule has 6 nitrogen and oxygen atoms in total. The van der Waals surface area contributed by atoms with Crippen LogP contribution < -0.4 is 9.47 Å². The number of carbonyl (C=O) groups excluding carboxylic acids is 2. The van der Waals surface area contributed by atoms with Crippen molar-refractivity contribution in [1.82, 2.24) is 9.80 Å². The number of carbonyl (C=O) groups is 2. The van der Waals surface area contributed by atoms with Crippen LogP contribution in [0.25, 0.3) is 0 Å². The van der Waals surface area contributed by atoms with E-state index in [1.807, 2.05) is 11.4 Å². The summed E-state index contributed by atoms with van der Waals surface area (Å²) in [6, 6.07) is 14.7. The Morgan fingerprint density at radius 1 is 1.16 bits per heavy atom. The van der Waals surface area contributed by atoms with Gasteiger partial charge in [-0.1, -0.05) is 32.4 Å². The van der Waals surface area contributed by atoms with Gasteiger partial charge in [-0.3, -0.25) is 9.59 Å². The van der Waals surface area contributed by atoms with Crippen molar-refractivity contribution >= 4 is 23.2 Å². The minimum atomic E-state index is -0.373. The molecule has 0 saturated carbocycles. The number of amides is 2. The second-order valence-corrected chi connectivity index (χ2v) is 10.4. The molecule has 0 aliphatic carbocycles. The summed E-state index contributed by atoms with van der Waals surface area (Å²) in [4.78, 5) is 31.9. The van der Waals surface area contributed by atoms with E-state index in [9.17, 15) is 14.0 Å². The van der Waals surface area contributed by atoms with Crippen LogP contribution in [-0.4, -0.2) is 55.0 Å². The number of ether oxygens (including phenoxy) is 2. The van der Waals surface area contributed by atoms with Gasteiger partial charge in [-0.25, -0.2) is 4.39 Å². The quantitative estimate of drug-likeness (QED) is 0.347. The maximum Gasteiger partial charge on any atom is 0.254 e. The average Bonchev–Trinajstić information content (AvgIpc) is 3.40. The molecule has 0 unspecified atom stereocenters. The van der Waals surface area contributed by atoms with Crippen LogP contribution in [-0.2, 0) is 11.2 Å². The molecule has 37 heavy (non-hydrogen) atoms. The average molecular weight is 525 g/mol. The minimum Gasteiger partial charge on any atom is -0.497 e. The molecule has 2 atom stereocenters. The number of hydrogen-bond donors (Lipinski definition) is 0. The van der Waals surface area contributed by atoms with Crippen LogP contribution >= 0.6 is 11.3 Å². The van der Waals surface area contributed by atoms with Crippen LogP contribution in [0.3, 0.4) is 0 Å². The topological polar surface area (TPSA) is 59.1 Å². The van der Waals surface area contributed by atoms with Crippen molar-refractivity contribution in [3.63, 3.8) is 0 Å². The van der Waals surface area contributed by atoms with Gasteiger partial charge in [-0.2, -0.15) is 0 Å². The fraction of sp³-hybridized carbons (Fsp3) is 0.379. The third-order valence-electron chi connectivity index (χ3n) is 6.78. The second kappa shape index (κ2) is 12.2. The molecule has 0 N–H and O–H groups in total. The van der Waals surface area contributed by atoms with Gasteiger partial charge in [-0.05, 0) is 59.7 Å². The molecule has 1 aromatic heterocycles. The molecule has 2 heterocycles. The predicted octanol–water partition coefficient (Wildman–Crippen LogP) is 5.59. The summed E-state index contributed by atoms with van der Waals surface area (Å²) in [7, 11) is 1.56. The van der Waals surface area contributed by atoms with Crippen molar-refractivity contribution < 1.29 is 23.5 Å². The van der Waals surface area contributed by atoms with Crippen LogP contribution in [0, 0.1) is 11.7 Å². The predicted molar refractivity (Wildman–Crippen MR) is 143 cm³/mol. The van der Waals surface area contributed by atoms with E-state index in [2.05, 4.69) is 13.8 Å². The fourth-order valence-electron chi connectivity index (χ4n) is 4.52. The van der Waals surface area contributed by atoms with Gasteiger partial charge in [0, 0.05) is 29.6 Å². The Labute approximate surface area is 221 Å². The molecule has 1 aliphatic heterocycles. The number of halogens is 1. The lowest BCUT2D eigenvalue weighted by Crippen LogP contribution is -2.48. The normalized spacial score (nSPS) is 15.6. The highest BCUT2D eigenvalue weighted by Gasteiger charge is 2.34. The minimum absolute atomic E-state index is 0.0314. The molecule has 1 aliphatic rings. The lowest BCUT2D eigenvalue weighted by Gasteiger charge is -2.37. The Hall–Kier alpha value is -3.39. The van der Waals surface area contributed by atoms with Gasteiger partial charge in [0.05, 0.1) is 13.2 Å². The van der Waals surface area contributed by atoms with Crippen LogP contribution in [0.4, 0.5) is 4.39 Å². The Morgan fingerprint density at radius 2 is 1.95 bits per heavy atom. The Morgan fingerprint density at radius 3 is 2.70 bits per heavy atom. The van der Waals surface area contributed by atoms with Gasteiger partial charge in [-0.15, -0.1) is 11.3 Å². The molecular weight excluding hydrogens is 491 g/mol. The first kappa shape index (κ1) is 26.7. The molecule has 0 saturated heterocycles. The van der Waals surface area contributed by atoms with Gasteiger partial charge in [0.2, 0.25) is 5.91 Å². The maximum absolute atomic E-state index is 13.7. The Balaban J connectivity index is 1.55. The SMILES string of the molecule is CC[C@@H](C)CN(CC(=O)N1CCc2sccc2[C@H]1COc1cccc(F)c1)C(=O)c1cccc(OC)c1. The zero-order valence-corrected chi connectivity index (χ0v) is 22.3. The molecule has 8 heteroatoms. The van der Waals surface area contributed by atoms with Crippen molar-refractivity contribution in [1.29, 1.82) is 0 Å². The summed E-state index contributed by atoms with van der Waals surface area (Å²) in [5.41, 5.74) is 1.54. The summed E-state index contributed by atoms with van der Waals surface area (Å²) in [6.45, 7) is 5.33. The van der Waals surface area contributed by atoms with Crippen molar-refractivity contribution in [3.05, 3.63) is 81.8 Å². The van der Waals surface area contributed by atoms with E-state index < -0.39 is 0 Å². The van der Waals surface area contributed by atoms with E-state index >= 15 is 0 Å². The highest BCUT2D eigenvalue weighted by atomic mass is 32.1. The van der Waals surface area contributed by atoms with Crippen LogP contribution in [0.5, 0.6) is 11.5 Å².